The zero-order valence-electron chi connectivity index (χ0n) is 10.3. The summed E-state index contributed by atoms with van der Waals surface area (Å²) in [6, 6.07) is 3.10. The second-order valence-electron chi connectivity index (χ2n) is 3.80. The minimum atomic E-state index is -0.807. The molecule has 19 heavy (non-hydrogen) atoms. The molecule has 0 spiro atoms. The molecule has 104 valence electrons. The second kappa shape index (κ2) is 7.03. The lowest BCUT2D eigenvalue weighted by Crippen LogP contribution is -2.36. The molecular formula is C11H14ClN3O4. The highest BCUT2D eigenvalue weighted by molar-refractivity contribution is 6.31. The van der Waals surface area contributed by atoms with Crippen LogP contribution < -0.4 is 11.1 Å². The average molecular weight is 288 g/mol. The molecule has 0 radical (unpaired) electrons. The maximum atomic E-state index is 11.7. The zero-order valence-corrected chi connectivity index (χ0v) is 11.0. The van der Waals surface area contributed by atoms with E-state index in [-0.39, 0.29) is 16.4 Å². The highest BCUT2D eigenvalue weighted by Gasteiger charge is 2.19. The normalized spacial score (nSPS) is 11.9. The number of rotatable bonds is 6. The SMILES string of the molecule is COCCC(N)C(=O)Nc1cc(Cl)ccc1[N+](=O)[O-]. The van der Waals surface area contributed by atoms with Gasteiger partial charge in [0.1, 0.15) is 5.69 Å². The van der Waals surface area contributed by atoms with E-state index in [1.165, 1.54) is 25.3 Å². The number of nitrogens with two attached hydrogens (primary N) is 1. The Balaban J connectivity index is 2.83. The van der Waals surface area contributed by atoms with Crippen LogP contribution in [0.4, 0.5) is 11.4 Å². The van der Waals surface area contributed by atoms with Crippen molar-refractivity contribution in [2.75, 3.05) is 19.0 Å². The van der Waals surface area contributed by atoms with Crippen LogP contribution in [0.5, 0.6) is 0 Å². The van der Waals surface area contributed by atoms with Gasteiger partial charge in [0, 0.05) is 24.8 Å². The fourth-order valence-electron chi connectivity index (χ4n) is 1.37. The third kappa shape index (κ3) is 4.47. The number of amides is 1. The minimum absolute atomic E-state index is 0.0235. The quantitative estimate of drug-likeness (QED) is 0.609. The minimum Gasteiger partial charge on any atom is -0.385 e. The van der Waals surface area contributed by atoms with E-state index in [2.05, 4.69) is 5.32 Å². The van der Waals surface area contributed by atoms with E-state index in [0.29, 0.717) is 13.0 Å². The summed E-state index contributed by atoms with van der Waals surface area (Å²) in [7, 11) is 1.49. The molecule has 0 saturated carbocycles. The van der Waals surface area contributed by atoms with Gasteiger partial charge >= 0.3 is 0 Å². The molecule has 1 unspecified atom stereocenters. The molecule has 3 N–H and O–H groups in total. The van der Waals surface area contributed by atoms with E-state index < -0.39 is 16.9 Å². The Morgan fingerprint density at radius 3 is 2.89 bits per heavy atom. The third-order valence-corrected chi connectivity index (χ3v) is 2.62. The number of nitro groups is 1. The Labute approximate surface area is 114 Å². The molecule has 0 heterocycles. The van der Waals surface area contributed by atoms with Crippen molar-refractivity contribution in [2.45, 2.75) is 12.5 Å². The van der Waals surface area contributed by atoms with Crippen molar-refractivity contribution in [3.05, 3.63) is 33.3 Å². The lowest BCUT2D eigenvalue weighted by atomic mass is 10.2. The Hall–Kier alpha value is -1.70. The van der Waals surface area contributed by atoms with Crippen molar-refractivity contribution in [1.82, 2.24) is 0 Å². The number of methoxy groups -OCH3 is 1. The fraction of sp³-hybridized carbons (Fsp3) is 0.364. The number of nitrogens with one attached hydrogen (secondary N) is 1. The Morgan fingerprint density at radius 1 is 1.63 bits per heavy atom. The highest BCUT2D eigenvalue weighted by atomic mass is 35.5. The van der Waals surface area contributed by atoms with E-state index in [4.69, 9.17) is 22.1 Å². The summed E-state index contributed by atoms with van der Waals surface area (Å²) in [4.78, 5) is 22.0. The first kappa shape index (κ1) is 15.4. The monoisotopic (exact) mass is 287 g/mol. The number of hydrogen-bond donors (Lipinski definition) is 2. The molecule has 1 aromatic carbocycles. The van der Waals surface area contributed by atoms with Gasteiger partial charge in [-0.05, 0) is 18.6 Å². The van der Waals surface area contributed by atoms with Gasteiger partial charge in [0.25, 0.3) is 5.69 Å². The molecule has 1 amide bonds. The number of hydrogen-bond acceptors (Lipinski definition) is 5. The van der Waals surface area contributed by atoms with Gasteiger partial charge in [0.2, 0.25) is 5.91 Å². The number of nitro benzene ring substituents is 1. The number of carbonyl (C=O) groups excluding carboxylic acids is 1. The van der Waals surface area contributed by atoms with Crippen LogP contribution in [0.2, 0.25) is 5.02 Å². The summed E-state index contributed by atoms with van der Waals surface area (Å²) in [6.45, 7) is 0.326. The number of anilines is 1. The first-order valence-electron chi connectivity index (χ1n) is 5.45. The molecule has 7 nitrogen and oxygen atoms in total. The van der Waals surface area contributed by atoms with Gasteiger partial charge in [-0.1, -0.05) is 11.6 Å². The van der Waals surface area contributed by atoms with E-state index >= 15 is 0 Å². The van der Waals surface area contributed by atoms with Gasteiger partial charge in [-0.25, -0.2) is 0 Å². The van der Waals surface area contributed by atoms with Gasteiger partial charge in [-0.3, -0.25) is 14.9 Å². The van der Waals surface area contributed by atoms with Crippen molar-refractivity contribution >= 4 is 28.9 Å². The van der Waals surface area contributed by atoms with Crippen LogP contribution in [-0.2, 0) is 9.53 Å². The molecule has 0 aliphatic carbocycles. The first-order chi connectivity index (χ1) is 8.95. The molecule has 1 aromatic rings. The number of benzene rings is 1. The van der Waals surface area contributed by atoms with Crippen LogP contribution in [0.25, 0.3) is 0 Å². The van der Waals surface area contributed by atoms with Crippen molar-refractivity contribution in [2.24, 2.45) is 5.73 Å². The molecule has 8 heteroatoms. The predicted octanol–water partition coefficient (Wildman–Crippen LogP) is 1.55. The van der Waals surface area contributed by atoms with Gasteiger partial charge in [-0.2, -0.15) is 0 Å². The van der Waals surface area contributed by atoms with E-state index in [1.54, 1.807) is 0 Å². The van der Waals surface area contributed by atoms with E-state index in [0.717, 1.165) is 0 Å². The highest BCUT2D eigenvalue weighted by Crippen LogP contribution is 2.27. The number of nitrogens with zero attached hydrogens (tertiary/aromatic N) is 1. The molecule has 1 rings (SSSR count). The summed E-state index contributed by atoms with van der Waals surface area (Å²) in [5.74, 6) is -0.526. The van der Waals surface area contributed by atoms with Crippen LogP contribution >= 0.6 is 11.6 Å². The van der Waals surface area contributed by atoms with Crippen LogP contribution in [0.1, 0.15) is 6.42 Å². The van der Waals surface area contributed by atoms with Crippen LogP contribution in [-0.4, -0.2) is 30.6 Å². The van der Waals surface area contributed by atoms with Crippen molar-refractivity contribution in [3.63, 3.8) is 0 Å². The van der Waals surface area contributed by atoms with Crippen molar-refractivity contribution in [1.29, 1.82) is 0 Å². The molecule has 0 aliphatic heterocycles. The van der Waals surface area contributed by atoms with Crippen molar-refractivity contribution in [3.8, 4) is 0 Å². The van der Waals surface area contributed by atoms with Crippen LogP contribution in [0, 0.1) is 10.1 Å². The lowest BCUT2D eigenvalue weighted by molar-refractivity contribution is -0.383. The first-order valence-corrected chi connectivity index (χ1v) is 5.83. The lowest BCUT2D eigenvalue weighted by Gasteiger charge is -2.12. The van der Waals surface area contributed by atoms with Gasteiger partial charge in [0.15, 0.2) is 0 Å². The summed E-state index contributed by atoms with van der Waals surface area (Å²) in [5, 5.41) is 13.5. The van der Waals surface area contributed by atoms with Gasteiger partial charge < -0.3 is 15.8 Å². The van der Waals surface area contributed by atoms with E-state index in [1.807, 2.05) is 0 Å². The topological polar surface area (TPSA) is 107 Å². The Bertz CT molecular complexity index is 481. The summed E-state index contributed by atoms with van der Waals surface area (Å²) >= 11 is 5.74. The molecule has 0 fully saturated rings. The zero-order chi connectivity index (χ0) is 14.4. The predicted molar refractivity (Wildman–Crippen MR) is 71.2 cm³/mol. The number of carbonyl (C=O) groups is 1. The fourth-order valence-corrected chi connectivity index (χ4v) is 1.54. The number of halogens is 1. The maximum Gasteiger partial charge on any atom is 0.292 e. The third-order valence-electron chi connectivity index (χ3n) is 2.38. The summed E-state index contributed by atoms with van der Waals surface area (Å²) in [5.41, 5.74) is 5.40. The average Bonchev–Trinajstić information content (AvgIpc) is 2.35. The molecule has 0 saturated heterocycles. The molecule has 0 aliphatic rings. The number of ether oxygens (including phenoxy) is 1. The van der Waals surface area contributed by atoms with Gasteiger partial charge in [0.05, 0.1) is 11.0 Å². The molecule has 0 bridgehead atoms. The molecule has 1 atom stereocenters. The second-order valence-corrected chi connectivity index (χ2v) is 4.23. The molecule has 0 aromatic heterocycles. The van der Waals surface area contributed by atoms with Crippen molar-refractivity contribution < 1.29 is 14.5 Å². The van der Waals surface area contributed by atoms with Crippen LogP contribution in [0.3, 0.4) is 0 Å². The molecular weight excluding hydrogens is 274 g/mol. The summed E-state index contributed by atoms with van der Waals surface area (Å²) in [6.07, 6.45) is 0.316. The largest absolute Gasteiger partial charge is 0.385 e. The van der Waals surface area contributed by atoms with Gasteiger partial charge in [-0.15, -0.1) is 0 Å². The van der Waals surface area contributed by atoms with E-state index in [9.17, 15) is 14.9 Å². The maximum absolute atomic E-state index is 11.7. The smallest absolute Gasteiger partial charge is 0.292 e. The van der Waals surface area contributed by atoms with Crippen LogP contribution in [0.15, 0.2) is 18.2 Å². The Kier molecular flexibility index (Phi) is 5.68. The standard InChI is InChI=1S/C11H14ClN3O4/c1-19-5-4-8(13)11(16)14-9-6-7(12)2-3-10(9)15(17)18/h2-3,6,8H,4-5,13H2,1H3,(H,14,16). The summed E-state index contributed by atoms with van der Waals surface area (Å²) < 4.78 is 4.80. The Morgan fingerprint density at radius 2 is 2.32 bits per heavy atom.